The molecule has 2 heterocycles. The maximum atomic E-state index is 12.3. The fourth-order valence-electron chi connectivity index (χ4n) is 4.00. The van der Waals surface area contributed by atoms with Gasteiger partial charge in [-0.05, 0) is 37.5 Å². The van der Waals surface area contributed by atoms with Crippen LogP contribution in [0, 0.1) is 12.3 Å². The first kappa shape index (κ1) is 20.4. The van der Waals surface area contributed by atoms with Crippen molar-refractivity contribution in [2.75, 3.05) is 20.2 Å². The lowest BCUT2D eigenvalue weighted by Gasteiger charge is -2.43. The van der Waals surface area contributed by atoms with Crippen molar-refractivity contribution in [1.29, 1.82) is 0 Å². The van der Waals surface area contributed by atoms with Crippen LogP contribution in [0.25, 0.3) is 0 Å². The van der Waals surface area contributed by atoms with Gasteiger partial charge in [0.05, 0.1) is 18.9 Å². The topological polar surface area (TPSA) is 98.7 Å². The van der Waals surface area contributed by atoms with E-state index in [1.54, 1.807) is 7.11 Å². The number of nitrogens with one attached hydrogen (secondary N) is 1. The van der Waals surface area contributed by atoms with E-state index in [1.165, 1.54) is 0 Å². The largest absolute Gasteiger partial charge is 0.497 e. The number of H-pyrrole nitrogens is 1. The highest BCUT2D eigenvalue weighted by Gasteiger charge is 2.49. The molecule has 1 aromatic carbocycles. The number of nitrogens with zero attached hydrogens (tertiary/aromatic N) is 2. The molecule has 0 amide bonds. The molecule has 0 radical (unpaired) electrons. The number of aliphatic hydroxyl groups excluding tert-OH is 1. The molecule has 1 aliphatic heterocycles. The van der Waals surface area contributed by atoms with E-state index in [-0.39, 0.29) is 13.0 Å². The van der Waals surface area contributed by atoms with Gasteiger partial charge < -0.3 is 19.9 Å². The van der Waals surface area contributed by atoms with Gasteiger partial charge >= 0.3 is 5.97 Å². The quantitative estimate of drug-likeness (QED) is 0.673. The number of aromatic nitrogens is 2. The van der Waals surface area contributed by atoms with Gasteiger partial charge in [-0.25, -0.2) is 4.98 Å². The summed E-state index contributed by atoms with van der Waals surface area (Å²) in [6.45, 7) is 5.52. The van der Waals surface area contributed by atoms with Crippen molar-refractivity contribution in [3.05, 3.63) is 47.0 Å². The summed E-state index contributed by atoms with van der Waals surface area (Å²) in [6, 6.07) is 7.38. The molecule has 1 aromatic heterocycles. The molecular formula is C21H29N3O4. The second-order valence-electron chi connectivity index (χ2n) is 7.61. The second-order valence-corrected chi connectivity index (χ2v) is 7.61. The molecule has 152 valence electrons. The van der Waals surface area contributed by atoms with E-state index < -0.39 is 17.5 Å². The third kappa shape index (κ3) is 4.05. The number of carboxylic acids is 1. The van der Waals surface area contributed by atoms with Gasteiger partial charge in [0.1, 0.15) is 17.0 Å². The molecule has 2 atom stereocenters. The molecule has 0 unspecified atom stereocenters. The van der Waals surface area contributed by atoms with E-state index in [4.69, 9.17) is 4.74 Å². The van der Waals surface area contributed by atoms with Crippen LogP contribution in [0.4, 0.5) is 0 Å². The van der Waals surface area contributed by atoms with Crippen LogP contribution in [0.3, 0.4) is 0 Å². The van der Waals surface area contributed by atoms with E-state index in [2.05, 4.69) is 14.9 Å². The van der Waals surface area contributed by atoms with Crippen LogP contribution < -0.4 is 4.74 Å². The van der Waals surface area contributed by atoms with Crippen LogP contribution >= 0.6 is 0 Å². The minimum Gasteiger partial charge on any atom is -0.497 e. The first-order valence-corrected chi connectivity index (χ1v) is 9.69. The van der Waals surface area contributed by atoms with Gasteiger partial charge in [-0.2, -0.15) is 0 Å². The summed E-state index contributed by atoms with van der Waals surface area (Å²) in [4.78, 5) is 22.3. The molecule has 0 saturated carbocycles. The summed E-state index contributed by atoms with van der Waals surface area (Å²) in [5.41, 5.74) is 1.53. The first-order valence-electron chi connectivity index (χ1n) is 9.69. The zero-order valence-corrected chi connectivity index (χ0v) is 16.7. The van der Waals surface area contributed by atoms with Crippen molar-refractivity contribution in [2.45, 2.75) is 45.8 Å². The fourth-order valence-corrected chi connectivity index (χ4v) is 4.00. The lowest BCUT2D eigenvalue weighted by Crippen LogP contribution is -2.56. The number of piperidine rings is 1. The van der Waals surface area contributed by atoms with Crippen LogP contribution in [0.15, 0.2) is 24.3 Å². The maximum Gasteiger partial charge on any atom is 0.313 e. The number of methoxy groups -OCH3 is 1. The van der Waals surface area contributed by atoms with Gasteiger partial charge in [0.15, 0.2) is 0 Å². The van der Waals surface area contributed by atoms with E-state index in [0.717, 1.165) is 29.2 Å². The number of rotatable bonds is 7. The lowest BCUT2D eigenvalue weighted by atomic mass is 9.72. The van der Waals surface area contributed by atoms with E-state index in [0.29, 0.717) is 25.3 Å². The molecule has 3 N–H and O–H groups in total. The number of carbonyl (C=O) groups is 1. The van der Waals surface area contributed by atoms with Crippen molar-refractivity contribution in [3.8, 4) is 5.75 Å². The highest BCUT2D eigenvalue weighted by Crippen LogP contribution is 2.36. The highest BCUT2D eigenvalue weighted by atomic mass is 16.5. The molecule has 0 bridgehead atoms. The normalized spacial score (nSPS) is 22.9. The number of aryl methyl sites for hydroxylation is 2. The molecule has 1 fully saturated rings. The number of hydrogen-bond donors (Lipinski definition) is 3. The molecule has 3 rings (SSSR count). The van der Waals surface area contributed by atoms with Crippen LogP contribution in [0.5, 0.6) is 5.75 Å². The summed E-state index contributed by atoms with van der Waals surface area (Å²) < 4.78 is 5.26. The average molecular weight is 387 g/mol. The third-order valence-corrected chi connectivity index (χ3v) is 5.68. The van der Waals surface area contributed by atoms with Gasteiger partial charge in [0, 0.05) is 31.7 Å². The van der Waals surface area contributed by atoms with Crippen LogP contribution in [-0.2, 0) is 24.2 Å². The standard InChI is InChI=1S/C21H29N3O4/c1-4-19-22-14(2)17(23-19)12-24-9-8-18(25)21(13-24,20(26)27)11-15-6-5-7-16(10-15)28-3/h5-7,10,18,25H,4,8-9,11-13H2,1-3H3,(H,22,23)(H,26,27)/t18-,21-/m1/s1. The van der Waals surface area contributed by atoms with Crippen molar-refractivity contribution in [1.82, 2.24) is 14.9 Å². The molecule has 0 spiro atoms. The fraction of sp³-hybridized carbons (Fsp3) is 0.524. The maximum absolute atomic E-state index is 12.3. The zero-order chi connectivity index (χ0) is 20.3. The molecular weight excluding hydrogens is 358 g/mol. The predicted octanol–water partition coefficient (Wildman–Crippen LogP) is 2.17. The number of hydrogen-bond acceptors (Lipinski definition) is 5. The SMILES string of the molecule is CCc1nc(CN2CC[C@@H](O)[C@](Cc3cccc(OC)c3)(C(=O)O)C2)c(C)[nH]1. The number of carboxylic acid groups (broad SMARTS) is 1. The summed E-state index contributed by atoms with van der Waals surface area (Å²) in [5, 5.41) is 20.8. The number of benzene rings is 1. The Balaban J connectivity index is 1.84. The van der Waals surface area contributed by atoms with Crippen molar-refractivity contribution in [2.24, 2.45) is 5.41 Å². The van der Waals surface area contributed by atoms with Crippen molar-refractivity contribution >= 4 is 5.97 Å². The van der Waals surface area contributed by atoms with Crippen LogP contribution in [0.1, 0.15) is 36.1 Å². The molecule has 28 heavy (non-hydrogen) atoms. The first-order chi connectivity index (χ1) is 13.4. The molecule has 0 aliphatic carbocycles. The predicted molar refractivity (Wildman–Crippen MR) is 105 cm³/mol. The van der Waals surface area contributed by atoms with Gasteiger partial charge in [-0.3, -0.25) is 9.69 Å². The van der Waals surface area contributed by atoms with Gasteiger partial charge in [0.2, 0.25) is 0 Å². The molecule has 1 saturated heterocycles. The summed E-state index contributed by atoms with van der Waals surface area (Å²) in [5.74, 6) is 0.644. The molecule has 1 aliphatic rings. The molecule has 7 nitrogen and oxygen atoms in total. The minimum absolute atomic E-state index is 0.247. The lowest BCUT2D eigenvalue weighted by molar-refractivity contribution is -0.163. The van der Waals surface area contributed by atoms with Crippen molar-refractivity contribution < 1.29 is 19.7 Å². The Bertz CT molecular complexity index is 835. The van der Waals surface area contributed by atoms with E-state index in [1.807, 2.05) is 38.1 Å². The van der Waals surface area contributed by atoms with Crippen LogP contribution in [0.2, 0.25) is 0 Å². The Kier molecular flexibility index (Phi) is 6.05. The summed E-state index contributed by atoms with van der Waals surface area (Å²) >= 11 is 0. The third-order valence-electron chi connectivity index (χ3n) is 5.68. The summed E-state index contributed by atoms with van der Waals surface area (Å²) in [7, 11) is 1.58. The number of aliphatic carboxylic acids is 1. The Morgan fingerprint density at radius 3 is 2.89 bits per heavy atom. The minimum atomic E-state index is -1.26. The van der Waals surface area contributed by atoms with Gasteiger partial charge in [-0.1, -0.05) is 19.1 Å². The van der Waals surface area contributed by atoms with Crippen molar-refractivity contribution in [3.63, 3.8) is 0 Å². The Hall–Kier alpha value is -2.38. The van der Waals surface area contributed by atoms with E-state index >= 15 is 0 Å². The van der Waals surface area contributed by atoms with Crippen LogP contribution in [-0.4, -0.2) is 57.4 Å². The molecule has 7 heteroatoms. The highest BCUT2D eigenvalue weighted by molar-refractivity contribution is 5.76. The summed E-state index contributed by atoms with van der Waals surface area (Å²) in [6.07, 6.45) is 0.588. The number of aromatic amines is 1. The number of likely N-dealkylation sites (tertiary alicyclic amines) is 1. The van der Waals surface area contributed by atoms with E-state index in [9.17, 15) is 15.0 Å². The number of aliphatic hydroxyl groups is 1. The molecule has 2 aromatic rings. The number of imidazole rings is 1. The zero-order valence-electron chi connectivity index (χ0n) is 16.7. The Morgan fingerprint density at radius 1 is 1.46 bits per heavy atom. The average Bonchev–Trinajstić information content (AvgIpc) is 3.04. The monoisotopic (exact) mass is 387 g/mol. The van der Waals surface area contributed by atoms with Gasteiger partial charge in [0.25, 0.3) is 0 Å². The van der Waals surface area contributed by atoms with Gasteiger partial charge in [-0.15, -0.1) is 0 Å². The Morgan fingerprint density at radius 2 is 2.25 bits per heavy atom. The second kappa shape index (κ2) is 8.32. The smallest absolute Gasteiger partial charge is 0.313 e. The number of ether oxygens (including phenoxy) is 1. The Labute approximate surface area is 165 Å².